The minimum Gasteiger partial charge on any atom is -0.344 e. The summed E-state index contributed by atoms with van der Waals surface area (Å²) < 4.78 is 40.9. The van der Waals surface area contributed by atoms with Gasteiger partial charge in [-0.25, -0.2) is 13.2 Å². The monoisotopic (exact) mass is 472 g/mol. The van der Waals surface area contributed by atoms with Gasteiger partial charge in [0, 0.05) is 17.7 Å². The number of nitrogens with one attached hydrogen (secondary N) is 3. The van der Waals surface area contributed by atoms with Crippen LogP contribution in [0, 0.1) is 17.5 Å². The summed E-state index contributed by atoms with van der Waals surface area (Å²) in [6.45, 7) is 5.15. The number of carbonyl (C=O) groups excluding carboxylic acids is 2. The van der Waals surface area contributed by atoms with E-state index in [-0.39, 0.29) is 23.6 Å². The molecule has 1 atom stereocenters. The van der Waals surface area contributed by atoms with Crippen LogP contribution in [0.25, 0.3) is 0 Å². The van der Waals surface area contributed by atoms with Crippen LogP contribution < -0.4 is 16.1 Å². The smallest absolute Gasteiger partial charge is 0.247 e. The number of halogens is 3. The Labute approximate surface area is 196 Å². The van der Waals surface area contributed by atoms with E-state index < -0.39 is 34.9 Å². The molecule has 180 valence electrons. The number of carbonyl (C=O) groups is 2. The molecule has 0 bridgehead atoms. The average Bonchev–Trinajstić information content (AvgIpc) is 3.22. The Morgan fingerprint density at radius 1 is 1.12 bits per heavy atom. The maximum absolute atomic E-state index is 14.4. The highest BCUT2D eigenvalue weighted by Crippen LogP contribution is 2.40. The van der Waals surface area contributed by atoms with Gasteiger partial charge in [0.05, 0.1) is 6.42 Å². The molecule has 1 saturated carbocycles. The van der Waals surface area contributed by atoms with Crippen LogP contribution in [0.1, 0.15) is 43.7 Å². The molecule has 2 aromatic rings. The first kappa shape index (κ1) is 25.0. The van der Waals surface area contributed by atoms with Crippen LogP contribution in [0.15, 0.2) is 60.0 Å². The largest absolute Gasteiger partial charge is 0.344 e. The minimum absolute atomic E-state index is 0.0798. The maximum Gasteiger partial charge on any atom is 0.247 e. The number of hydrogen-bond acceptors (Lipinski definition) is 4. The first-order valence-electron chi connectivity index (χ1n) is 11.0. The van der Waals surface area contributed by atoms with Gasteiger partial charge in [-0.3, -0.25) is 15.0 Å². The summed E-state index contributed by atoms with van der Waals surface area (Å²) in [5, 5.41) is 9.13. The molecular formula is C25H27F3N4O2. The lowest BCUT2D eigenvalue weighted by Gasteiger charge is -2.25. The van der Waals surface area contributed by atoms with Gasteiger partial charge in [-0.1, -0.05) is 37.6 Å². The highest BCUT2D eigenvalue weighted by molar-refractivity contribution is 5.88. The van der Waals surface area contributed by atoms with Crippen LogP contribution >= 0.6 is 0 Å². The van der Waals surface area contributed by atoms with Gasteiger partial charge in [0.1, 0.15) is 29.3 Å². The number of amides is 2. The van der Waals surface area contributed by atoms with Crippen molar-refractivity contribution in [2.24, 2.45) is 5.10 Å². The highest BCUT2D eigenvalue weighted by Gasteiger charge is 2.36. The Kier molecular flexibility index (Phi) is 8.09. The molecule has 0 unspecified atom stereocenters. The molecule has 0 saturated heterocycles. The number of hydrogen-bond donors (Lipinski definition) is 3. The summed E-state index contributed by atoms with van der Waals surface area (Å²) in [7, 11) is 0. The van der Waals surface area contributed by atoms with Gasteiger partial charge in [0.2, 0.25) is 11.8 Å². The second-order valence-corrected chi connectivity index (χ2v) is 8.42. The third-order valence-electron chi connectivity index (χ3n) is 5.75. The molecule has 0 heterocycles. The van der Waals surface area contributed by atoms with Gasteiger partial charge < -0.3 is 10.6 Å². The summed E-state index contributed by atoms with van der Waals surface area (Å²) >= 11 is 0. The van der Waals surface area contributed by atoms with E-state index in [1.165, 1.54) is 13.0 Å². The summed E-state index contributed by atoms with van der Waals surface area (Å²) in [6, 6.07) is 8.49. The fourth-order valence-corrected chi connectivity index (χ4v) is 4.11. The maximum atomic E-state index is 14.4. The molecule has 6 nitrogen and oxygen atoms in total. The van der Waals surface area contributed by atoms with E-state index in [0.717, 1.165) is 37.8 Å². The zero-order valence-electron chi connectivity index (χ0n) is 18.8. The summed E-state index contributed by atoms with van der Waals surface area (Å²) in [4.78, 5) is 24.5. The van der Waals surface area contributed by atoms with Gasteiger partial charge in [-0.2, -0.15) is 5.10 Å². The molecule has 0 spiro atoms. The predicted molar refractivity (Wildman–Crippen MR) is 123 cm³/mol. The Hall–Kier alpha value is -3.62. The molecule has 34 heavy (non-hydrogen) atoms. The van der Waals surface area contributed by atoms with Crippen LogP contribution in [0.3, 0.4) is 0 Å². The molecule has 0 aliphatic heterocycles. The normalized spacial score (nSPS) is 15.6. The molecule has 1 aliphatic carbocycles. The zero-order chi connectivity index (χ0) is 24.7. The molecule has 3 N–H and O–H groups in total. The second-order valence-electron chi connectivity index (χ2n) is 8.42. The third kappa shape index (κ3) is 6.46. The van der Waals surface area contributed by atoms with Gasteiger partial charge in [0.25, 0.3) is 0 Å². The quantitative estimate of drug-likeness (QED) is 0.383. The van der Waals surface area contributed by atoms with Crippen LogP contribution in [-0.2, 0) is 21.4 Å². The van der Waals surface area contributed by atoms with Crippen LogP contribution in [0.5, 0.6) is 0 Å². The average molecular weight is 473 g/mol. The van der Waals surface area contributed by atoms with E-state index >= 15 is 0 Å². The van der Waals surface area contributed by atoms with Crippen LogP contribution in [-0.4, -0.2) is 24.1 Å². The van der Waals surface area contributed by atoms with E-state index in [0.29, 0.717) is 11.6 Å². The molecule has 0 aromatic heterocycles. The number of nitrogens with zero attached hydrogens (tertiary/aromatic N) is 1. The highest BCUT2D eigenvalue weighted by atomic mass is 19.1. The van der Waals surface area contributed by atoms with Crippen molar-refractivity contribution in [1.82, 2.24) is 16.1 Å². The lowest BCUT2D eigenvalue weighted by Crippen LogP contribution is -2.46. The number of rotatable bonds is 9. The Morgan fingerprint density at radius 3 is 2.41 bits per heavy atom. The molecule has 2 amide bonds. The molecule has 1 fully saturated rings. The first-order valence-corrected chi connectivity index (χ1v) is 11.0. The van der Waals surface area contributed by atoms with Crippen molar-refractivity contribution < 1.29 is 22.8 Å². The molecule has 2 aromatic carbocycles. The topological polar surface area (TPSA) is 82.6 Å². The molecule has 3 rings (SSSR count). The van der Waals surface area contributed by atoms with Crippen molar-refractivity contribution in [2.75, 3.05) is 0 Å². The molecule has 0 radical (unpaired) electrons. The second kappa shape index (κ2) is 11.0. The fourth-order valence-electron chi connectivity index (χ4n) is 4.11. The number of hydrazone groups is 1. The summed E-state index contributed by atoms with van der Waals surface area (Å²) in [5.74, 6) is -2.91. The van der Waals surface area contributed by atoms with Gasteiger partial charge in [0.15, 0.2) is 0 Å². The SMILES string of the molecule is C=C(N/N=C/C1(c2ccccc2F)CCCC1)NC(=O)[C@H](C)NC(=O)Cc1cc(F)cc(F)c1. The molecule has 1 aliphatic rings. The minimum atomic E-state index is -0.937. The Bertz CT molecular complexity index is 1080. The Morgan fingerprint density at radius 2 is 1.76 bits per heavy atom. The lowest BCUT2D eigenvalue weighted by atomic mass is 9.80. The standard InChI is InChI=1S/C25H27F3N4O2/c1-16(30-23(33)13-18-11-19(26)14-20(27)12-18)24(34)31-17(2)32-29-15-25(9-5-6-10-25)21-7-3-4-8-22(21)28/h3-4,7-8,11-12,14-16,32H,2,5-6,9-10,13H2,1H3,(H,30,33)(H,31,34)/b29-15+/t16-/m0/s1. The van der Waals surface area contributed by atoms with Crippen molar-refractivity contribution in [2.45, 2.75) is 50.5 Å². The molecular weight excluding hydrogens is 445 g/mol. The number of benzene rings is 2. The van der Waals surface area contributed by atoms with Gasteiger partial charge in [-0.15, -0.1) is 0 Å². The van der Waals surface area contributed by atoms with Crippen molar-refractivity contribution in [1.29, 1.82) is 0 Å². The van der Waals surface area contributed by atoms with Crippen LogP contribution in [0.4, 0.5) is 13.2 Å². The zero-order valence-corrected chi connectivity index (χ0v) is 18.8. The van der Waals surface area contributed by atoms with Gasteiger partial charge >= 0.3 is 0 Å². The van der Waals surface area contributed by atoms with Crippen molar-refractivity contribution in [3.63, 3.8) is 0 Å². The van der Waals surface area contributed by atoms with E-state index in [9.17, 15) is 22.8 Å². The predicted octanol–water partition coefficient (Wildman–Crippen LogP) is 3.83. The molecule has 9 heteroatoms. The summed E-state index contributed by atoms with van der Waals surface area (Å²) in [5.41, 5.74) is 2.85. The van der Waals surface area contributed by atoms with Crippen molar-refractivity contribution in [3.05, 3.63) is 83.4 Å². The fraction of sp³-hybridized carbons (Fsp3) is 0.320. The van der Waals surface area contributed by atoms with Gasteiger partial charge in [-0.05, 0) is 49.1 Å². The van der Waals surface area contributed by atoms with E-state index in [1.807, 2.05) is 0 Å². The van der Waals surface area contributed by atoms with Crippen LogP contribution in [0.2, 0.25) is 0 Å². The van der Waals surface area contributed by atoms with E-state index in [1.54, 1.807) is 24.4 Å². The van der Waals surface area contributed by atoms with Crippen molar-refractivity contribution >= 4 is 18.0 Å². The van der Waals surface area contributed by atoms with E-state index in [4.69, 9.17) is 0 Å². The van der Waals surface area contributed by atoms with E-state index in [2.05, 4.69) is 27.7 Å². The lowest BCUT2D eigenvalue weighted by molar-refractivity contribution is -0.127. The summed E-state index contributed by atoms with van der Waals surface area (Å²) in [6.07, 6.45) is 4.80. The first-order chi connectivity index (χ1) is 16.2. The van der Waals surface area contributed by atoms with Crippen molar-refractivity contribution in [3.8, 4) is 0 Å². The third-order valence-corrected chi connectivity index (χ3v) is 5.75. The Balaban J connectivity index is 1.51.